The molecule has 0 aliphatic rings. The molecule has 0 spiro atoms. The SMILES string of the molecule is COc1ccc(/C=C/C(=O)NCCCCN(NC(=O)/C=C/c2ccc(OC)c(OC)c2)/C(=N/C(=O)OC(C)(C)C)NC(=O)OC(C)(C)C)cc1OC. The van der Waals surface area contributed by atoms with Crippen molar-refractivity contribution in [3.63, 3.8) is 0 Å². The summed E-state index contributed by atoms with van der Waals surface area (Å²) in [5, 5.41) is 6.46. The summed E-state index contributed by atoms with van der Waals surface area (Å²) in [6.07, 6.45) is 4.76. The van der Waals surface area contributed by atoms with Crippen molar-refractivity contribution in [2.75, 3.05) is 41.5 Å². The maximum atomic E-state index is 13.2. The maximum Gasteiger partial charge on any atom is 0.437 e. The first-order chi connectivity index (χ1) is 24.5. The minimum atomic E-state index is -1.01. The van der Waals surface area contributed by atoms with E-state index < -0.39 is 29.3 Å². The Morgan fingerprint density at radius 2 is 1.19 bits per heavy atom. The molecule has 0 saturated heterocycles. The van der Waals surface area contributed by atoms with E-state index in [1.165, 1.54) is 38.5 Å². The molecule has 15 nitrogen and oxygen atoms in total. The lowest BCUT2D eigenvalue weighted by Crippen LogP contribution is -2.54. The second-order valence-electron chi connectivity index (χ2n) is 13.1. The van der Waals surface area contributed by atoms with Crippen molar-refractivity contribution in [2.24, 2.45) is 4.99 Å². The highest BCUT2D eigenvalue weighted by molar-refractivity contribution is 6.00. The number of rotatable bonds is 13. The normalized spacial score (nSPS) is 11.8. The Labute approximate surface area is 305 Å². The number of benzene rings is 2. The van der Waals surface area contributed by atoms with Gasteiger partial charge < -0.3 is 33.7 Å². The summed E-state index contributed by atoms with van der Waals surface area (Å²) >= 11 is 0. The number of amides is 4. The van der Waals surface area contributed by atoms with Crippen molar-refractivity contribution >= 4 is 42.1 Å². The molecule has 2 rings (SSSR count). The number of unbranched alkanes of at least 4 members (excludes halogenated alkanes) is 1. The number of methoxy groups -OCH3 is 4. The van der Waals surface area contributed by atoms with Crippen LogP contribution in [-0.4, -0.2) is 87.7 Å². The third-order valence-corrected chi connectivity index (χ3v) is 6.48. The fraction of sp³-hybridized carbons (Fsp3) is 0.432. The third-order valence-electron chi connectivity index (χ3n) is 6.48. The fourth-order valence-electron chi connectivity index (χ4n) is 4.23. The van der Waals surface area contributed by atoms with Crippen molar-refractivity contribution in [3.05, 3.63) is 59.7 Å². The van der Waals surface area contributed by atoms with E-state index in [1.54, 1.807) is 97.2 Å². The van der Waals surface area contributed by atoms with E-state index in [2.05, 4.69) is 21.1 Å². The average molecular weight is 726 g/mol. The number of hydrogen-bond donors (Lipinski definition) is 3. The summed E-state index contributed by atoms with van der Waals surface area (Å²) in [4.78, 5) is 55.3. The predicted octanol–water partition coefficient (Wildman–Crippen LogP) is 5.49. The Kier molecular flexibility index (Phi) is 16.5. The highest BCUT2D eigenvalue weighted by atomic mass is 16.6. The average Bonchev–Trinajstić information content (AvgIpc) is 3.06. The molecule has 2 aromatic carbocycles. The number of nitrogens with one attached hydrogen (secondary N) is 3. The Balaban J connectivity index is 2.23. The third kappa shape index (κ3) is 15.9. The lowest BCUT2D eigenvalue weighted by Gasteiger charge is -2.27. The Bertz CT molecular complexity index is 1620. The van der Waals surface area contributed by atoms with Gasteiger partial charge in [0.05, 0.1) is 28.4 Å². The molecule has 0 fully saturated rings. The van der Waals surface area contributed by atoms with Crippen molar-refractivity contribution in [1.29, 1.82) is 0 Å². The van der Waals surface area contributed by atoms with Crippen LogP contribution in [0.1, 0.15) is 65.5 Å². The molecule has 0 heterocycles. The van der Waals surface area contributed by atoms with Gasteiger partial charge in [0.15, 0.2) is 23.0 Å². The highest BCUT2D eigenvalue weighted by Gasteiger charge is 2.24. The number of hydrogen-bond acceptors (Lipinski definition) is 10. The van der Waals surface area contributed by atoms with Crippen LogP contribution in [0.3, 0.4) is 0 Å². The lowest BCUT2D eigenvalue weighted by molar-refractivity contribution is -0.119. The largest absolute Gasteiger partial charge is 0.493 e. The smallest absolute Gasteiger partial charge is 0.437 e. The summed E-state index contributed by atoms with van der Waals surface area (Å²) in [5.41, 5.74) is 2.28. The van der Waals surface area contributed by atoms with Gasteiger partial charge in [-0.05, 0) is 102 Å². The number of guanidine groups is 1. The molecule has 0 aliphatic heterocycles. The molecule has 0 radical (unpaired) electrons. The van der Waals surface area contributed by atoms with Crippen LogP contribution < -0.4 is 35.0 Å². The number of nitrogens with zero attached hydrogens (tertiary/aromatic N) is 2. The van der Waals surface area contributed by atoms with Gasteiger partial charge in [0.1, 0.15) is 11.2 Å². The van der Waals surface area contributed by atoms with Crippen LogP contribution >= 0.6 is 0 Å². The second-order valence-corrected chi connectivity index (χ2v) is 13.1. The van der Waals surface area contributed by atoms with Crippen LogP contribution in [0.15, 0.2) is 53.5 Å². The number of aliphatic imine (C=N–C) groups is 1. The molecule has 0 bridgehead atoms. The van der Waals surface area contributed by atoms with Crippen LogP contribution in [0.5, 0.6) is 23.0 Å². The molecule has 284 valence electrons. The van der Waals surface area contributed by atoms with E-state index >= 15 is 0 Å². The molecule has 0 aromatic heterocycles. The van der Waals surface area contributed by atoms with Crippen molar-refractivity contribution < 1.29 is 47.6 Å². The number of carbonyl (C=O) groups excluding carboxylic acids is 4. The standard InChI is InChI=1S/C37H51N5O10/c1-36(2,3)51-34(45)39-33(40-35(46)52-37(4,5)6)42(41-32(44)20-16-26-14-18-28(48-8)30(24-26)50-10)22-12-11-21-38-31(43)19-15-25-13-17-27(47-7)29(23-25)49-9/h13-20,23-24H,11-12,21-22H2,1-10H3,(H,38,43)(H,41,44)(H,39,40,45,46)/b19-15+,20-16+. The molecule has 0 saturated carbocycles. The van der Waals surface area contributed by atoms with Crippen LogP contribution in [0.2, 0.25) is 0 Å². The molecule has 0 atom stereocenters. The number of hydrazine groups is 1. The van der Waals surface area contributed by atoms with Gasteiger partial charge in [-0.1, -0.05) is 12.1 Å². The number of alkyl carbamates (subject to hydrolysis) is 1. The minimum Gasteiger partial charge on any atom is -0.493 e. The van der Waals surface area contributed by atoms with Gasteiger partial charge in [-0.2, -0.15) is 0 Å². The van der Waals surface area contributed by atoms with Gasteiger partial charge in [-0.25, -0.2) is 9.59 Å². The van der Waals surface area contributed by atoms with Crippen molar-refractivity contribution in [2.45, 2.75) is 65.6 Å². The number of ether oxygens (including phenoxy) is 6. The molecular formula is C37H51N5O10. The fourth-order valence-corrected chi connectivity index (χ4v) is 4.23. The highest BCUT2D eigenvalue weighted by Crippen LogP contribution is 2.29. The molecule has 52 heavy (non-hydrogen) atoms. The minimum absolute atomic E-state index is 0.0602. The summed E-state index contributed by atoms with van der Waals surface area (Å²) in [6, 6.07) is 10.4. The summed E-state index contributed by atoms with van der Waals surface area (Å²) < 4.78 is 31.9. The Morgan fingerprint density at radius 3 is 1.67 bits per heavy atom. The molecule has 2 aromatic rings. The van der Waals surface area contributed by atoms with Gasteiger partial charge in [0.2, 0.25) is 11.9 Å². The van der Waals surface area contributed by atoms with E-state index in [0.29, 0.717) is 41.4 Å². The molecule has 4 amide bonds. The van der Waals surface area contributed by atoms with Crippen LogP contribution in [-0.2, 0) is 19.1 Å². The zero-order chi connectivity index (χ0) is 38.9. The van der Waals surface area contributed by atoms with Crippen LogP contribution in [0.25, 0.3) is 12.2 Å². The molecular weight excluding hydrogens is 674 g/mol. The first-order valence-corrected chi connectivity index (χ1v) is 16.4. The molecule has 15 heteroatoms. The number of carbonyl (C=O) groups is 4. The summed E-state index contributed by atoms with van der Waals surface area (Å²) in [7, 11) is 6.09. The molecule has 0 aliphatic carbocycles. The van der Waals surface area contributed by atoms with Gasteiger partial charge >= 0.3 is 12.2 Å². The molecule has 3 N–H and O–H groups in total. The zero-order valence-electron chi connectivity index (χ0n) is 31.6. The van der Waals surface area contributed by atoms with Gasteiger partial charge in [0, 0.05) is 25.2 Å². The summed E-state index contributed by atoms with van der Waals surface area (Å²) in [5.74, 6) is 0.849. The second kappa shape index (κ2) is 20.2. The van der Waals surface area contributed by atoms with Crippen molar-refractivity contribution in [1.82, 2.24) is 21.1 Å². The van der Waals surface area contributed by atoms with Gasteiger partial charge in [-0.15, -0.1) is 4.99 Å². The Hall–Kier alpha value is -5.73. The van der Waals surface area contributed by atoms with E-state index in [9.17, 15) is 19.2 Å². The van der Waals surface area contributed by atoms with E-state index in [0.717, 1.165) is 5.56 Å². The zero-order valence-corrected chi connectivity index (χ0v) is 31.6. The van der Waals surface area contributed by atoms with Crippen molar-refractivity contribution in [3.8, 4) is 23.0 Å². The quantitative estimate of drug-likeness (QED) is 0.0783. The van der Waals surface area contributed by atoms with E-state index in [4.69, 9.17) is 28.4 Å². The topological polar surface area (TPSA) is 175 Å². The van der Waals surface area contributed by atoms with E-state index in [1.807, 2.05) is 0 Å². The van der Waals surface area contributed by atoms with Crippen LogP contribution in [0, 0.1) is 0 Å². The predicted molar refractivity (Wildman–Crippen MR) is 197 cm³/mol. The Morgan fingerprint density at radius 1 is 0.692 bits per heavy atom. The molecule has 0 unspecified atom stereocenters. The van der Waals surface area contributed by atoms with Crippen LogP contribution in [0.4, 0.5) is 9.59 Å². The monoisotopic (exact) mass is 725 g/mol. The van der Waals surface area contributed by atoms with Gasteiger partial charge in [0.25, 0.3) is 5.91 Å². The lowest BCUT2D eigenvalue weighted by atomic mass is 10.2. The van der Waals surface area contributed by atoms with Gasteiger partial charge in [-0.3, -0.25) is 25.3 Å². The first-order valence-electron chi connectivity index (χ1n) is 16.4. The summed E-state index contributed by atoms with van der Waals surface area (Å²) in [6.45, 7) is 10.4. The van der Waals surface area contributed by atoms with E-state index in [-0.39, 0.29) is 25.0 Å². The first kappa shape index (κ1) is 42.4. The maximum absolute atomic E-state index is 13.2.